The molecule has 3 nitrogen and oxygen atoms in total. The van der Waals surface area contributed by atoms with E-state index in [1.165, 1.54) is 6.92 Å². The van der Waals surface area contributed by atoms with Crippen molar-refractivity contribution in [1.29, 1.82) is 0 Å². The second-order valence-electron chi connectivity index (χ2n) is 4.30. The van der Waals surface area contributed by atoms with Crippen molar-refractivity contribution in [1.82, 2.24) is 0 Å². The number of esters is 1. The molecule has 2 atom stereocenters. The minimum Gasteiger partial charge on any atom is -0.466 e. The van der Waals surface area contributed by atoms with Crippen molar-refractivity contribution in [2.24, 2.45) is 5.92 Å². The number of aliphatic hydroxyl groups is 1. The van der Waals surface area contributed by atoms with Crippen molar-refractivity contribution in [2.75, 3.05) is 6.61 Å². The number of halogens is 1. The van der Waals surface area contributed by atoms with Gasteiger partial charge in [0, 0.05) is 6.42 Å². The number of hydrogen-bond acceptors (Lipinski definition) is 3. The van der Waals surface area contributed by atoms with E-state index in [1.807, 2.05) is 30.3 Å². The lowest BCUT2D eigenvalue weighted by Gasteiger charge is -2.11. The number of carbonyl (C=O) groups excluding carboxylic acids is 1. The van der Waals surface area contributed by atoms with Gasteiger partial charge in [-0.25, -0.2) is 4.39 Å². The van der Waals surface area contributed by atoms with E-state index in [0.29, 0.717) is 0 Å². The standard InChI is InChI=1S/C15H19FO3/c1-3-19-15(18)11(2)9-13(16)14(17)10-12-7-5-4-6-8-12/h4-9,11,14,17H,3,10H2,1-2H3/b13-9-. The van der Waals surface area contributed by atoms with Gasteiger partial charge in [-0.1, -0.05) is 30.3 Å². The molecule has 19 heavy (non-hydrogen) atoms. The maximum atomic E-state index is 13.7. The van der Waals surface area contributed by atoms with Gasteiger partial charge in [0.25, 0.3) is 0 Å². The van der Waals surface area contributed by atoms with Crippen LogP contribution in [-0.2, 0) is 16.0 Å². The van der Waals surface area contributed by atoms with Crippen LogP contribution in [0.15, 0.2) is 42.2 Å². The van der Waals surface area contributed by atoms with Gasteiger partial charge in [0.15, 0.2) is 0 Å². The van der Waals surface area contributed by atoms with Crippen molar-refractivity contribution in [2.45, 2.75) is 26.4 Å². The first kappa shape index (κ1) is 15.4. The molecule has 2 unspecified atom stereocenters. The third-order valence-electron chi connectivity index (χ3n) is 2.66. The second-order valence-corrected chi connectivity index (χ2v) is 4.30. The summed E-state index contributed by atoms with van der Waals surface area (Å²) < 4.78 is 18.5. The molecule has 0 radical (unpaired) electrons. The molecule has 1 aromatic carbocycles. The molecule has 0 bridgehead atoms. The predicted molar refractivity (Wildman–Crippen MR) is 71.1 cm³/mol. The number of aliphatic hydroxyl groups excluding tert-OH is 1. The fourth-order valence-electron chi connectivity index (χ4n) is 1.63. The first-order valence-electron chi connectivity index (χ1n) is 6.30. The molecular formula is C15H19FO3. The quantitative estimate of drug-likeness (QED) is 0.805. The van der Waals surface area contributed by atoms with Crippen molar-refractivity contribution < 1.29 is 19.0 Å². The van der Waals surface area contributed by atoms with Crippen LogP contribution < -0.4 is 0 Å². The van der Waals surface area contributed by atoms with Gasteiger partial charge < -0.3 is 9.84 Å². The van der Waals surface area contributed by atoms with E-state index < -0.39 is 23.8 Å². The molecule has 0 heterocycles. The van der Waals surface area contributed by atoms with E-state index in [4.69, 9.17) is 4.74 Å². The maximum absolute atomic E-state index is 13.7. The smallest absolute Gasteiger partial charge is 0.312 e. The molecular weight excluding hydrogens is 247 g/mol. The highest BCUT2D eigenvalue weighted by Gasteiger charge is 2.17. The number of rotatable bonds is 6. The summed E-state index contributed by atoms with van der Waals surface area (Å²) in [6.45, 7) is 3.48. The van der Waals surface area contributed by atoms with Crippen molar-refractivity contribution in [3.63, 3.8) is 0 Å². The van der Waals surface area contributed by atoms with E-state index in [-0.39, 0.29) is 13.0 Å². The third-order valence-corrected chi connectivity index (χ3v) is 2.66. The van der Waals surface area contributed by atoms with E-state index in [0.717, 1.165) is 11.6 Å². The Hall–Kier alpha value is -1.68. The Morgan fingerprint density at radius 1 is 1.42 bits per heavy atom. The Bertz CT molecular complexity index is 428. The monoisotopic (exact) mass is 266 g/mol. The highest BCUT2D eigenvalue weighted by atomic mass is 19.1. The summed E-state index contributed by atoms with van der Waals surface area (Å²) in [4.78, 5) is 11.3. The zero-order valence-corrected chi connectivity index (χ0v) is 11.2. The lowest BCUT2D eigenvalue weighted by molar-refractivity contribution is -0.145. The molecule has 0 aromatic heterocycles. The Morgan fingerprint density at radius 3 is 2.63 bits per heavy atom. The summed E-state index contributed by atoms with van der Waals surface area (Å²) in [5.74, 6) is -1.90. The number of ether oxygens (including phenoxy) is 1. The van der Waals surface area contributed by atoms with Gasteiger partial charge in [-0.05, 0) is 25.5 Å². The molecule has 0 saturated heterocycles. The zero-order chi connectivity index (χ0) is 14.3. The third kappa shape index (κ3) is 5.22. The lowest BCUT2D eigenvalue weighted by Crippen LogP contribution is -2.16. The molecule has 0 aliphatic carbocycles. The van der Waals surface area contributed by atoms with Gasteiger partial charge in [-0.2, -0.15) is 0 Å². The van der Waals surface area contributed by atoms with Gasteiger partial charge in [0.2, 0.25) is 0 Å². The van der Waals surface area contributed by atoms with Crippen molar-refractivity contribution in [3.8, 4) is 0 Å². The van der Waals surface area contributed by atoms with Crippen LogP contribution in [0.25, 0.3) is 0 Å². The second kappa shape index (κ2) is 7.69. The van der Waals surface area contributed by atoms with Crippen LogP contribution in [0.4, 0.5) is 4.39 Å². The van der Waals surface area contributed by atoms with E-state index >= 15 is 0 Å². The fraction of sp³-hybridized carbons (Fsp3) is 0.400. The highest BCUT2D eigenvalue weighted by Crippen LogP contribution is 2.14. The van der Waals surface area contributed by atoms with Crippen LogP contribution in [0.5, 0.6) is 0 Å². The zero-order valence-electron chi connectivity index (χ0n) is 11.2. The minimum absolute atomic E-state index is 0.179. The van der Waals surface area contributed by atoms with Gasteiger partial charge in [0.1, 0.15) is 11.9 Å². The minimum atomic E-state index is -1.24. The number of benzene rings is 1. The van der Waals surface area contributed by atoms with E-state index in [9.17, 15) is 14.3 Å². The van der Waals surface area contributed by atoms with Crippen LogP contribution in [-0.4, -0.2) is 23.8 Å². The molecule has 0 aliphatic heterocycles. The molecule has 0 aliphatic rings. The molecule has 1 rings (SSSR count). The van der Waals surface area contributed by atoms with Crippen LogP contribution in [0.2, 0.25) is 0 Å². The molecule has 1 N–H and O–H groups in total. The Morgan fingerprint density at radius 2 is 2.05 bits per heavy atom. The molecule has 1 aromatic rings. The highest BCUT2D eigenvalue weighted by molar-refractivity contribution is 5.74. The number of carbonyl (C=O) groups is 1. The molecule has 0 fully saturated rings. The summed E-state index contributed by atoms with van der Waals surface area (Å²) in [7, 11) is 0. The molecule has 0 saturated carbocycles. The van der Waals surface area contributed by atoms with Crippen LogP contribution in [0.3, 0.4) is 0 Å². The summed E-state index contributed by atoms with van der Waals surface area (Å²) in [5, 5.41) is 9.74. The lowest BCUT2D eigenvalue weighted by atomic mass is 10.0. The average Bonchev–Trinajstić information content (AvgIpc) is 2.40. The van der Waals surface area contributed by atoms with E-state index in [1.54, 1.807) is 6.92 Å². The van der Waals surface area contributed by atoms with E-state index in [2.05, 4.69) is 0 Å². The molecule has 4 heteroatoms. The van der Waals surface area contributed by atoms with Gasteiger partial charge in [0.05, 0.1) is 12.5 Å². The topological polar surface area (TPSA) is 46.5 Å². The van der Waals surface area contributed by atoms with Crippen LogP contribution in [0.1, 0.15) is 19.4 Å². The normalized spacial score (nSPS) is 14.8. The first-order chi connectivity index (χ1) is 9.04. The number of hydrogen-bond donors (Lipinski definition) is 1. The van der Waals surface area contributed by atoms with Crippen molar-refractivity contribution in [3.05, 3.63) is 47.8 Å². The van der Waals surface area contributed by atoms with Gasteiger partial charge in [-0.15, -0.1) is 0 Å². The largest absolute Gasteiger partial charge is 0.466 e. The summed E-state index contributed by atoms with van der Waals surface area (Å²) in [6, 6.07) is 9.12. The SMILES string of the molecule is CCOC(=O)C(C)/C=C(\F)C(O)Cc1ccccc1. The Labute approximate surface area is 112 Å². The van der Waals surface area contributed by atoms with Gasteiger partial charge in [-0.3, -0.25) is 4.79 Å². The summed E-state index contributed by atoms with van der Waals surface area (Å²) >= 11 is 0. The fourth-order valence-corrected chi connectivity index (χ4v) is 1.63. The first-order valence-corrected chi connectivity index (χ1v) is 6.30. The Balaban J connectivity index is 2.61. The summed E-state index contributed by atoms with van der Waals surface area (Å²) in [5.41, 5.74) is 0.835. The average molecular weight is 266 g/mol. The van der Waals surface area contributed by atoms with Gasteiger partial charge >= 0.3 is 5.97 Å². The Kier molecular flexibility index (Phi) is 6.22. The molecule has 0 amide bonds. The molecule has 0 spiro atoms. The summed E-state index contributed by atoms with van der Waals surface area (Å²) in [6.07, 6.45) is 0.0453. The predicted octanol–water partition coefficient (Wildman–Crippen LogP) is 2.64. The molecule has 104 valence electrons. The maximum Gasteiger partial charge on any atom is 0.312 e. The van der Waals surface area contributed by atoms with Crippen LogP contribution >= 0.6 is 0 Å². The van der Waals surface area contributed by atoms with Crippen molar-refractivity contribution >= 4 is 5.97 Å². The van der Waals surface area contributed by atoms with Crippen LogP contribution in [0, 0.1) is 5.92 Å².